The lowest BCUT2D eigenvalue weighted by molar-refractivity contribution is 0.415. The normalized spacial score (nSPS) is 11.8. The van der Waals surface area contributed by atoms with Crippen molar-refractivity contribution in [2.45, 2.75) is 26.3 Å². The fraction of sp³-hybridized carbons (Fsp3) is 0.357. The summed E-state index contributed by atoms with van der Waals surface area (Å²) in [6, 6.07) is 5.30. The fourth-order valence-electron chi connectivity index (χ4n) is 1.65. The molecule has 6 nitrogen and oxygen atoms in total. The Labute approximate surface area is 138 Å². The van der Waals surface area contributed by atoms with E-state index in [1.807, 2.05) is 6.07 Å². The Morgan fingerprint density at radius 1 is 1.45 bits per heavy atom. The van der Waals surface area contributed by atoms with Crippen molar-refractivity contribution in [2.24, 2.45) is 10.7 Å². The lowest BCUT2D eigenvalue weighted by Crippen LogP contribution is -2.22. The van der Waals surface area contributed by atoms with Gasteiger partial charge in [-0.1, -0.05) is 36.8 Å². The van der Waals surface area contributed by atoms with Gasteiger partial charge in [0.05, 0.1) is 18.7 Å². The minimum atomic E-state index is 0.294. The number of nitrogens with one attached hydrogen (secondary N) is 1. The molecular formula is C14H18ClN5OS. The van der Waals surface area contributed by atoms with Crippen LogP contribution < -0.4 is 15.8 Å². The molecule has 0 aliphatic rings. The average molecular weight is 340 g/mol. The number of nitrogens with zero attached hydrogens (tertiary/aromatic N) is 3. The van der Waals surface area contributed by atoms with E-state index < -0.39 is 0 Å². The van der Waals surface area contributed by atoms with Crippen molar-refractivity contribution in [3.05, 3.63) is 33.2 Å². The third kappa shape index (κ3) is 4.32. The van der Waals surface area contributed by atoms with E-state index in [2.05, 4.69) is 34.4 Å². The van der Waals surface area contributed by atoms with Crippen LogP contribution in [-0.4, -0.2) is 23.3 Å². The van der Waals surface area contributed by atoms with E-state index in [0.717, 1.165) is 15.7 Å². The van der Waals surface area contributed by atoms with Crippen LogP contribution >= 0.6 is 22.9 Å². The molecule has 2 aromatic rings. The maximum Gasteiger partial charge on any atom is 0.193 e. The van der Waals surface area contributed by atoms with Crippen molar-refractivity contribution in [1.29, 1.82) is 0 Å². The molecular weight excluding hydrogens is 322 g/mol. The van der Waals surface area contributed by atoms with Gasteiger partial charge < -0.3 is 15.8 Å². The molecule has 1 aromatic carbocycles. The third-order valence-electron chi connectivity index (χ3n) is 2.79. The number of benzene rings is 1. The first-order valence-electron chi connectivity index (χ1n) is 6.72. The van der Waals surface area contributed by atoms with Crippen LogP contribution in [0.3, 0.4) is 0 Å². The van der Waals surface area contributed by atoms with E-state index in [4.69, 9.17) is 22.1 Å². The monoisotopic (exact) mass is 339 g/mol. The standard InChI is InChI=1S/C14H18ClN5OS/c1-8(2)13-20-19-12(22-13)7-17-14(16)18-9-4-5-11(21-3)10(15)6-9/h4-6,8H,7H2,1-3H3,(H3,16,17,18). The van der Waals surface area contributed by atoms with Crippen molar-refractivity contribution in [3.63, 3.8) is 0 Å². The summed E-state index contributed by atoms with van der Waals surface area (Å²) < 4.78 is 5.10. The highest BCUT2D eigenvalue weighted by Crippen LogP contribution is 2.27. The van der Waals surface area contributed by atoms with Crippen LogP contribution in [0.25, 0.3) is 0 Å². The number of halogens is 1. The number of hydrogen-bond acceptors (Lipinski definition) is 5. The summed E-state index contributed by atoms with van der Waals surface area (Å²) in [7, 11) is 1.57. The van der Waals surface area contributed by atoms with E-state index in [9.17, 15) is 0 Å². The van der Waals surface area contributed by atoms with Crippen molar-refractivity contribution >= 4 is 34.6 Å². The van der Waals surface area contributed by atoms with Gasteiger partial charge >= 0.3 is 0 Å². The Kier molecular flexibility index (Phi) is 5.57. The number of nitrogens with two attached hydrogens (primary N) is 1. The van der Waals surface area contributed by atoms with E-state index in [1.54, 1.807) is 30.6 Å². The summed E-state index contributed by atoms with van der Waals surface area (Å²) in [5.74, 6) is 1.27. The number of guanidine groups is 1. The molecule has 0 saturated carbocycles. The minimum Gasteiger partial charge on any atom is -0.495 e. The molecule has 0 spiro atoms. The lowest BCUT2D eigenvalue weighted by Gasteiger charge is -2.08. The van der Waals surface area contributed by atoms with Crippen LogP contribution in [0.15, 0.2) is 23.2 Å². The van der Waals surface area contributed by atoms with Gasteiger partial charge in [0.1, 0.15) is 15.8 Å². The molecule has 1 aromatic heterocycles. The Bertz CT molecular complexity index is 671. The molecule has 118 valence electrons. The molecule has 0 unspecified atom stereocenters. The topological polar surface area (TPSA) is 85.4 Å². The Morgan fingerprint density at radius 2 is 2.23 bits per heavy atom. The first kappa shape index (κ1) is 16.5. The number of anilines is 1. The largest absolute Gasteiger partial charge is 0.495 e. The van der Waals surface area contributed by atoms with Crippen LogP contribution in [0.1, 0.15) is 29.8 Å². The highest BCUT2D eigenvalue weighted by atomic mass is 35.5. The van der Waals surface area contributed by atoms with Gasteiger partial charge in [-0.05, 0) is 18.2 Å². The summed E-state index contributed by atoms with van der Waals surface area (Å²) in [5.41, 5.74) is 6.60. The molecule has 0 amide bonds. The van der Waals surface area contributed by atoms with Crippen LogP contribution in [-0.2, 0) is 6.54 Å². The molecule has 0 saturated heterocycles. The van der Waals surface area contributed by atoms with Crippen LogP contribution in [0, 0.1) is 0 Å². The summed E-state index contributed by atoms with van der Waals surface area (Å²) in [6.07, 6.45) is 0. The summed E-state index contributed by atoms with van der Waals surface area (Å²) in [4.78, 5) is 4.25. The van der Waals surface area contributed by atoms with Crippen LogP contribution in [0.4, 0.5) is 5.69 Å². The quantitative estimate of drug-likeness (QED) is 0.645. The van der Waals surface area contributed by atoms with E-state index in [1.165, 1.54) is 0 Å². The molecule has 0 aliphatic carbocycles. The number of aromatic nitrogens is 2. The Balaban J connectivity index is 1.98. The van der Waals surface area contributed by atoms with Crippen molar-refractivity contribution in [2.75, 3.05) is 12.4 Å². The maximum atomic E-state index is 6.06. The van der Waals surface area contributed by atoms with Crippen molar-refractivity contribution in [1.82, 2.24) is 10.2 Å². The zero-order valence-corrected chi connectivity index (χ0v) is 14.2. The zero-order chi connectivity index (χ0) is 16.1. The van der Waals surface area contributed by atoms with Crippen LogP contribution in [0.5, 0.6) is 5.75 Å². The van der Waals surface area contributed by atoms with E-state index in [0.29, 0.717) is 29.2 Å². The summed E-state index contributed by atoms with van der Waals surface area (Å²) >= 11 is 7.60. The second-order valence-electron chi connectivity index (χ2n) is 4.86. The number of hydrogen-bond donors (Lipinski definition) is 2. The first-order valence-corrected chi connectivity index (χ1v) is 7.91. The first-order chi connectivity index (χ1) is 10.5. The summed E-state index contributed by atoms with van der Waals surface area (Å²) in [5, 5.41) is 13.5. The molecule has 1 heterocycles. The van der Waals surface area contributed by atoms with Gasteiger partial charge in [0.25, 0.3) is 0 Å². The van der Waals surface area contributed by atoms with Gasteiger partial charge in [-0.2, -0.15) is 0 Å². The number of methoxy groups -OCH3 is 1. The number of ether oxygens (including phenoxy) is 1. The average Bonchev–Trinajstić information content (AvgIpc) is 2.94. The predicted molar refractivity (Wildman–Crippen MR) is 91.0 cm³/mol. The third-order valence-corrected chi connectivity index (χ3v) is 4.29. The Hall–Kier alpha value is -1.86. The molecule has 3 N–H and O–H groups in total. The molecule has 22 heavy (non-hydrogen) atoms. The zero-order valence-electron chi connectivity index (χ0n) is 12.6. The molecule has 0 aliphatic heterocycles. The summed E-state index contributed by atoms with van der Waals surface area (Å²) in [6.45, 7) is 4.56. The SMILES string of the molecule is COc1ccc(NC(N)=NCc2nnc(C(C)C)s2)cc1Cl. The van der Waals surface area contributed by atoms with E-state index in [-0.39, 0.29) is 0 Å². The van der Waals surface area contributed by atoms with Gasteiger partial charge in [-0.25, -0.2) is 4.99 Å². The van der Waals surface area contributed by atoms with E-state index >= 15 is 0 Å². The van der Waals surface area contributed by atoms with Gasteiger partial charge in [-0.15, -0.1) is 10.2 Å². The number of rotatable bonds is 5. The van der Waals surface area contributed by atoms with Gasteiger partial charge in [0, 0.05) is 11.6 Å². The van der Waals surface area contributed by atoms with Gasteiger partial charge in [0.15, 0.2) is 5.96 Å². The molecule has 0 fully saturated rings. The molecule has 0 atom stereocenters. The number of aliphatic imine (C=N–C) groups is 1. The smallest absolute Gasteiger partial charge is 0.193 e. The van der Waals surface area contributed by atoms with Gasteiger partial charge in [-0.3, -0.25) is 0 Å². The Morgan fingerprint density at radius 3 is 2.82 bits per heavy atom. The fourth-order valence-corrected chi connectivity index (χ4v) is 2.68. The highest BCUT2D eigenvalue weighted by molar-refractivity contribution is 7.11. The molecule has 2 rings (SSSR count). The van der Waals surface area contributed by atoms with Gasteiger partial charge in [0.2, 0.25) is 0 Å². The molecule has 0 bridgehead atoms. The second-order valence-corrected chi connectivity index (χ2v) is 6.37. The molecule has 0 radical (unpaired) electrons. The maximum absolute atomic E-state index is 6.06. The molecule has 8 heteroatoms. The minimum absolute atomic E-state index is 0.294. The van der Waals surface area contributed by atoms with Crippen molar-refractivity contribution in [3.8, 4) is 5.75 Å². The highest BCUT2D eigenvalue weighted by Gasteiger charge is 2.07. The lowest BCUT2D eigenvalue weighted by atomic mass is 10.2. The predicted octanol–water partition coefficient (Wildman–Crippen LogP) is 3.25. The van der Waals surface area contributed by atoms with Crippen molar-refractivity contribution < 1.29 is 4.74 Å². The van der Waals surface area contributed by atoms with Crippen LogP contribution in [0.2, 0.25) is 5.02 Å². The second kappa shape index (κ2) is 7.42.